The Labute approximate surface area is 226 Å². The molecule has 1 atom stereocenters. The van der Waals surface area contributed by atoms with Crippen molar-refractivity contribution >= 4 is 34.9 Å². The van der Waals surface area contributed by atoms with Crippen molar-refractivity contribution in [3.63, 3.8) is 0 Å². The summed E-state index contributed by atoms with van der Waals surface area (Å²) in [5, 5.41) is 17.5. The summed E-state index contributed by atoms with van der Waals surface area (Å²) in [4.78, 5) is 47.6. The van der Waals surface area contributed by atoms with Crippen LogP contribution in [0.15, 0.2) is 52.8 Å². The van der Waals surface area contributed by atoms with Gasteiger partial charge in [0.25, 0.3) is 0 Å². The van der Waals surface area contributed by atoms with Crippen molar-refractivity contribution < 1.29 is 24.1 Å². The molecule has 1 fully saturated rings. The Kier molecular flexibility index (Phi) is 5.89. The fraction of sp³-hybridized carbons (Fsp3) is 0.367. The molecule has 3 N–H and O–H groups in total. The van der Waals surface area contributed by atoms with Crippen molar-refractivity contribution in [1.29, 1.82) is 0 Å². The predicted molar refractivity (Wildman–Crippen MR) is 147 cm³/mol. The lowest BCUT2D eigenvalue weighted by Gasteiger charge is -2.41. The average Bonchev–Trinajstić information content (AvgIpc) is 3.48. The molecule has 3 heterocycles. The number of hydrogen-bond donors (Lipinski definition) is 3. The van der Waals surface area contributed by atoms with Gasteiger partial charge in [0.05, 0.1) is 28.4 Å². The molecule has 0 radical (unpaired) electrons. The molecule has 6 rings (SSSR count). The van der Waals surface area contributed by atoms with Gasteiger partial charge in [0.15, 0.2) is 0 Å². The van der Waals surface area contributed by atoms with E-state index in [9.17, 15) is 19.5 Å². The second kappa shape index (κ2) is 9.07. The Morgan fingerprint density at radius 2 is 1.77 bits per heavy atom. The number of amides is 1. The highest BCUT2D eigenvalue weighted by Crippen LogP contribution is 2.49. The van der Waals surface area contributed by atoms with Gasteiger partial charge >= 0.3 is 11.9 Å². The van der Waals surface area contributed by atoms with Crippen molar-refractivity contribution in [2.75, 3.05) is 13.1 Å². The van der Waals surface area contributed by atoms with E-state index in [2.05, 4.69) is 15.3 Å². The van der Waals surface area contributed by atoms with Gasteiger partial charge in [-0.05, 0) is 88.4 Å². The summed E-state index contributed by atoms with van der Waals surface area (Å²) in [6, 6.07) is 9.81. The van der Waals surface area contributed by atoms with Crippen LogP contribution < -0.4 is 5.32 Å². The van der Waals surface area contributed by atoms with E-state index in [1.54, 1.807) is 42.6 Å². The van der Waals surface area contributed by atoms with Crippen molar-refractivity contribution in [3.05, 3.63) is 64.6 Å². The number of fused-ring (bicyclic) bond motifs is 1. The van der Waals surface area contributed by atoms with E-state index in [0.29, 0.717) is 40.1 Å². The quantitative estimate of drug-likeness (QED) is 0.427. The molecule has 1 aliphatic carbocycles. The fourth-order valence-corrected chi connectivity index (χ4v) is 6.55. The number of allylic oxidation sites excluding steroid dienone is 2. The van der Waals surface area contributed by atoms with Crippen LogP contribution in [0.4, 0.5) is 0 Å². The van der Waals surface area contributed by atoms with E-state index >= 15 is 0 Å². The zero-order valence-electron chi connectivity index (χ0n) is 22.4. The van der Waals surface area contributed by atoms with Crippen LogP contribution in [0.25, 0.3) is 22.2 Å². The molecule has 3 aromatic rings. The number of carboxylic acid groups (broad SMARTS) is 1. The van der Waals surface area contributed by atoms with E-state index in [-0.39, 0.29) is 33.3 Å². The van der Waals surface area contributed by atoms with Crippen LogP contribution in [0.2, 0.25) is 0 Å². The number of hydrogen-bond acceptors (Lipinski definition) is 6. The second-order valence-corrected chi connectivity index (χ2v) is 11.4. The van der Waals surface area contributed by atoms with Gasteiger partial charge in [-0.15, -0.1) is 0 Å². The number of imidazole rings is 1. The number of piperidine rings is 1. The number of aromatic amines is 1. The molecule has 39 heavy (non-hydrogen) atoms. The summed E-state index contributed by atoms with van der Waals surface area (Å²) in [6.45, 7) is 7.50. The number of rotatable bonds is 4. The molecule has 1 amide bonds. The van der Waals surface area contributed by atoms with Crippen LogP contribution in [0.5, 0.6) is 0 Å². The summed E-state index contributed by atoms with van der Waals surface area (Å²) in [5.74, 6) is -0.558. The number of carboxylic acids is 1. The van der Waals surface area contributed by atoms with Crippen LogP contribution in [-0.4, -0.2) is 62.7 Å². The fourth-order valence-electron chi connectivity index (χ4n) is 6.55. The number of aryl methyl sites for hydroxylation is 1. The molecule has 3 aliphatic rings. The second-order valence-electron chi connectivity index (χ2n) is 11.4. The number of quaternary nitrogens is 1. The molecule has 0 bridgehead atoms. The van der Waals surface area contributed by atoms with E-state index in [4.69, 9.17) is 5.10 Å². The largest absolute Gasteiger partial charge is 0.478 e. The first-order chi connectivity index (χ1) is 18.6. The first-order valence-corrected chi connectivity index (χ1v) is 13.4. The van der Waals surface area contributed by atoms with Gasteiger partial charge in [-0.25, -0.2) is 14.6 Å². The number of H-pyrrole nitrogens is 1. The van der Waals surface area contributed by atoms with Gasteiger partial charge in [-0.2, -0.15) is 0 Å². The Morgan fingerprint density at radius 1 is 1.05 bits per heavy atom. The number of Topliss-reactive ketones (excluding diaryl/α,β-unsaturated/α-hetero) is 1. The molecule has 0 saturated carbocycles. The normalized spacial score (nSPS) is 22.2. The number of benzene rings is 2. The third-order valence-corrected chi connectivity index (χ3v) is 8.52. The zero-order valence-corrected chi connectivity index (χ0v) is 22.4. The Balaban J connectivity index is 1.47. The number of ketones is 1. The molecule has 9 heteroatoms. The van der Waals surface area contributed by atoms with Gasteiger partial charge in [0, 0.05) is 17.6 Å². The van der Waals surface area contributed by atoms with Gasteiger partial charge in [-0.1, -0.05) is 21.8 Å². The van der Waals surface area contributed by atoms with Crippen LogP contribution >= 0.6 is 0 Å². The first-order valence-electron chi connectivity index (χ1n) is 13.4. The van der Waals surface area contributed by atoms with Gasteiger partial charge in [0.2, 0.25) is 11.5 Å². The maximum Gasteiger partial charge on any atom is 0.377 e. The first kappa shape index (κ1) is 25.3. The minimum atomic E-state index is -1.01. The summed E-state index contributed by atoms with van der Waals surface area (Å²) >= 11 is 0. The number of nitrogens with zero attached hydrogens (tertiary/aromatic N) is 3. The number of carbonyl (C=O) groups excluding carboxylic acids is 2. The standard InChI is InChI=1S/C30H31N5O4/c1-17(2)35(27-22(16-32-35)14-30(15-25(27)36)8-10-31-11-9-30)28(37)21-12-23(26-24(13-21)33-18(3)34-26)19-4-6-20(7-5-19)29(38)39/h4-7,12-13,16-17,31H,8-11,14-15H2,1-3H3,(H-,33,34,37,38,39)/p+1. The van der Waals surface area contributed by atoms with Crippen LogP contribution in [0.1, 0.15) is 66.1 Å². The summed E-state index contributed by atoms with van der Waals surface area (Å²) < 4.78 is -0.376. The number of nitrogens with one attached hydrogen (secondary N) is 2. The average molecular weight is 527 g/mol. The molecule has 2 aliphatic heterocycles. The summed E-state index contributed by atoms with van der Waals surface area (Å²) in [5.41, 5.74) is 4.76. The van der Waals surface area contributed by atoms with E-state index in [0.717, 1.165) is 43.5 Å². The topological polar surface area (TPSA) is 125 Å². The number of aromatic nitrogens is 2. The smallest absolute Gasteiger partial charge is 0.377 e. The predicted octanol–water partition coefficient (Wildman–Crippen LogP) is 4.59. The number of carbonyl (C=O) groups is 3. The third-order valence-electron chi connectivity index (χ3n) is 8.52. The van der Waals surface area contributed by atoms with Crippen molar-refractivity contribution in [2.24, 2.45) is 10.5 Å². The maximum absolute atomic E-state index is 14.5. The van der Waals surface area contributed by atoms with E-state index in [1.807, 2.05) is 20.8 Å². The van der Waals surface area contributed by atoms with Crippen LogP contribution in [-0.2, 0) is 4.79 Å². The highest BCUT2D eigenvalue weighted by Gasteiger charge is 2.57. The zero-order chi connectivity index (χ0) is 27.5. The van der Waals surface area contributed by atoms with Crippen molar-refractivity contribution in [2.45, 2.75) is 52.5 Å². The molecule has 1 saturated heterocycles. The molecular formula is C30H32N5O4+. The van der Waals surface area contributed by atoms with Crippen LogP contribution in [0.3, 0.4) is 0 Å². The maximum atomic E-state index is 14.5. The molecule has 2 aromatic carbocycles. The minimum absolute atomic E-state index is 0.0145. The van der Waals surface area contributed by atoms with Gasteiger partial charge in [0.1, 0.15) is 11.9 Å². The molecule has 9 nitrogen and oxygen atoms in total. The molecule has 1 unspecified atom stereocenters. The minimum Gasteiger partial charge on any atom is -0.478 e. The number of aromatic carboxylic acids is 1. The van der Waals surface area contributed by atoms with E-state index in [1.165, 1.54) is 0 Å². The van der Waals surface area contributed by atoms with Crippen LogP contribution in [0, 0.1) is 12.3 Å². The summed E-state index contributed by atoms with van der Waals surface area (Å²) in [6.07, 6.45) is 4.85. The monoisotopic (exact) mass is 526 g/mol. The lowest BCUT2D eigenvalue weighted by molar-refractivity contribution is -0.833. The Morgan fingerprint density at radius 3 is 2.44 bits per heavy atom. The molecule has 1 spiro atoms. The van der Waals surface area contributed by atoms with Crippen molar-refractivity contribution in [3.8, 4) is 11.1 Å². The summed E-state index contributed by atoms with van der Waals surface area (Å²) in [7, 11) is 0. The molecule has 200 valence electrons. The van der Waals surface area contributed by atoms with E-state index < -0.39 is 5.97 Å². The van der Waals surface area contributed by atoms with Gasteiger partial charge < -0.3 is 15.4 Å². The molecule has 1 aromatic heterocycles. The SMILES string of the molecule is Cc1nc2c(-c3ccc(C(=O)O)cc3)cc(C(=O)[N+]3(C(C)C)N=CC4=C3C(=O)CC3(CCNCC3)C4)cc2[nH]1. The highest BCUT2D eigenvalue weighted by atomic mass is 16.4. The molecular weight excluding hydrogens is 494 g/mol. The third kappa shape index (κ3) is 3.95. The Bertz CT molecular complexity index is 1590. The lowest BCUT2D eigenvalue weighted by Crippen LogP contribution is -2.54. The van der Waals surface area contributed by atoms with Crippen molar-refractivity contribution in [1.82, 2.24) is 15.3 Å². The Hall–Kier alpha value is -3.95. The van der Waals surface area contributed by atoms with Gasteiger partial charge in [-0.3, -0.25) is 4.79 Å². The highest BCUT2D eigenvalue weighted by molar-refractivity contribution is 6.07. The lowest BCUT2D eigenvalue weighted by atomic mass is 9.67.